The molecule has 6 nitrogen and oxygen atoms in total. The van der Waals surface area contributed by atoms with Crippen molar-refractivity contribution in [3.05, 3.63) is 158 Å². The highest BCUT2D eigenvalue weighted by atomic mass is 16.3. The second-order valence-electron chi connectivity index (χ2n) is 15.5. The number of benzene rings is 8. The molecule has 0 saturated heterocycles. The third-order valence-corrected chi connectivity index (χ3v) is 12.1. The summed E-state index contributed by atoms with van der Waals surface area (Å²) in [6, 6.07) is 54.0. The highest BCUT2D eigenvalue weighted by Crippen LogP contribution is 2.43. The Kier molecular flexibility index (Phi) is 8.07. The van der Waals surface area contributed by atoms with Crippen LogP contribution in [0, 0.1) is 0 Å². The molecule has 4 aromatic heterocycles. The van der Waals surface area contributed by atoms with Gasteiger partial charge in [0.15, 0.2) is 11.6 Å². The van der Waals surface area contributed by atoms with E-state index in [1.54, 1.807) is 0 Å². The van der Waals surface area contributed by atoms with Crippen LogP contribution in [0.5, 0.6) is 0 Å². The van der Waals surface area contributed by atoms with Crippen LogP contribution in [-0.2, 0) is 0 Å². The summed E-state index contributed by atoms with van der Waals surface area (Å²) in [5, 5.41) is 6.08. The lowest BCUT2D eigenvalue weighted by Gasteiger charge is -2.21. The summed E-state index contributed by atoms with van der Waals surface area (Å²) in [6.45, 7) is 0. The molecule has 0 aliphatic rings. The van der Waals surface area contributed by atoms with Gasteiger partial charge in [0.1, 0.15) is 50.4 Å². The molecule has 276 valence electrons. The van der Waals surface area contributed by atoms with Gasteiger partial charge in [-0.15, -0.1) is 16.4 Å². The number of hydrogen-bond donors (Lipinski definition) is 0. The maximum absolute atomic E-state index is 6.72. The molecule has 0 unspecified atom stereocenters. The number of hydrogen-bond acceptors (Lipinski definition) is 4. The smallest absolute Gasteiger partial charge is 0.238 e. The molecule has 4 heterocycles. The van der Waals surface area contributed by atoms with Gasteiger partial charge >= 0.3 is 0 Å². The van der Waals surface area contributed by atoms with Crippen molar-refractivity contribution < 1.29 is 4.42 Å². The van der Waals surface area contributed by atoms with E-state index in [0.29, 0.717) is 28.5 Å². The number of nitrogens with zero attached hydrogens (tertiary/aromatic N) is 5. The molecule has 62 heavy (non-hydrogen) atoms. The Bertz CT molecular complexity index is 3750. The van der Waals surface area contributed by atoms with Crippen molar-refractivity contribution >= 4 is 132 Å². The van der Waals surface area contributed by atoms with E-state index in [2.05, 4.69) is 89.5 Å². The van der Waals surface area contributed by atoms with Crippen LogP contribution in [-0.4, -0.2) is 63.3 Å². The summed E-state index contributed by atoms with van der Waals surface area (Å²) >= 11 is 0. The standard InChI is InChI=1S/C51H26B5N5O/c52-44-43(45(53)47(55)48(56)46(44)54)50-57-49(58-51(59-50)61-35-19-8-5-14-29(35)30-15-6-9-20-36(30)61)33-17-10-22-39-41(33)42-37(21-11-23-40(42)62-39)60-34-18-7-4-16-31(34)32-25-24-28(26-38(32)60)27-12-2-1-3-13-27/h1-26H. The Morgan fingerprint density at radius 2 is 0.919 bits per heavy atom. The lowest BCUT2D eigenvalue weighted by Crippen LogP contribution is -2.55. The molecular formula is C51H26B5N5O. The number of furan rings is 1. The highest BCUT2D eigenvalue weighted by Gasteiger charge is 2.25. The summed E-state index contributed by atoms with van der Waals surface area (Å²) in [6.07, 6.45) is 0. The normalized spacial score (nSPS) is 11.9. The Morgan fingerprint density at radius 1 is 0.387 bits per heavy atom. The van der Waals surface area contributed by atoms with Gasteiger partial charge in [-0.05, 0) is 53.6 Å². The summed E-state index contributed by atoms with van der Waals surface area (Å²) in [7, 11) is 32.6. The molecule has 10 radical (unpaired) electrons. The van der Waals surface area contributed by atoms with Crippen molar-refractivity contribution in [2.75, 3.05) is 0 Å². The largest absolute Gasteiger partial charge is 0.456 e. The van der Waals surface area contributed by atoms with Gasteiger partial charge in [0.05, 0.1) is 33.1 Å². The van der Waals surface area contributed by atoms with Crippen LogP contribution in [0.15, 0.2) is 162 Å². The van der Waals surface area contributed by atoms with Crippen LogP contribution in [0.2, 0.25) is 0 Å². The Balaban J connectivity index is 1.18. The van der Waals surface area contributed by atoms with Gasteiger partial charge in [-0.25, -0.2) is 4.98 Å². The zero-order chi connectivity index (χ0) is 41.8. The van der Waals surface area contributed by atoms with E-state index in [9.17, 15) is 0 Å². The zero-order valence-electron chi connectivity index (χ0n) is 33.0. The topological polar surface area (TPSA) is 61.7 Å². The van der Waals surface area contributed by atoms with Crippen LogP contribution in [0.3, 0.4) is 0 Å². The van der Waals surface area contributed by atoms with Crippen molar-refractivity contribution in [2.24, 2.45) is 0 Å². The first kappa shape index (κ1) is 36.4. The van der Waals surface area contributed by atoms with E-state index in [-0.39, 0.29) is 38.7 Å². The molecule has 0 spiro atoms. The second kappa shape index (κ2) is 13.8. The van der Waals surface area contributed by atoms with Crippen molar-refractivity contribution in [1.82, 2.24) is 24.1 Å². The first-order chi connectivity index (χ1) is 30.4. The van der Waals surface area contributed by atoms with Crippen molar-refractivity contribution in [1.29, 1.82) is 0 Å². The quantitative estimate of drug-likeness (QED) is 0.178. The minimum absolute atomic E-state index is 0.0984. The van der Waals surface area contributed by atoms with Crippen LogP contribution in [0.4, 0.5) is 0 Å². The minimum atomic E-state index is 0.0984. The third-order valence-electron chi connectivity index (χ3n) is 12.1. The molecule has 0 saturated carbocycles. The Morgan fingerprint density at radius 3 is 1.58 bits per heavy atom. The third kappa shape index (κ3) is 5.27. The summed E-state index contributed by atoms with van der Waals surface area (Å²) in [4.78, 5) is 15.5. The average molecular weight is 779 g/mol. The zero-order valence-corrected chi connectivity index (χ0v) is 33.0. The van der Waals surface area contributed by atoms with E-state index >= 15 is 0 Å². The number of rotatable bonds is 5. The maximum Gasteiger partial charge on any atom is 0.238 e. The minimum Gasteiger partial charge on any atom is -0.456 e. The Hall–Kier alpha value is -7.51. The van der Waals surface area contributed by atoms with E-state index in [0.717, 1.165) is 71.2 Å². The molecule has 11 heteroatoms. The Labute approximate surface area is 362 Å². The van der Waals surface area contributed by atoms with Gasteiger partial charge in [0.2, 0.25) is 5.95 Å². The van der Waals surface area contributed by atoms with E-state index in [4.69, 9.17) is 58.6 Å². The van der Waals surface area contributed by atoms with Crippen LogP contribution < -0.4 is 27.3 Å². The fourth-order valence-corrected chi connectivity index (χ4v) is 9.19. The van der Waals surface area contributed by atoms with Crippen LogP contribution in [0.25, 0.3) is 111 Å². The number of fused-ring (bicyclic) bond motifs is 9. The van der Waals surface area contributed by atoms with Crippen molar-refractivity contribution in [2.45, 2.75) is 0 Å². The van der Waals surface area contributed by atoms with Gasteiger partial charge in [0, 0.05) is 38.1 Å². The first-order valence-corrected chi connectivity index (χ1v) is 20.2. The second-order valence-corrected chi connectivity index (χ2v) is 15.5. The molecule has 0 aliphatic heterocycles. The van der Waals surface area contributed by atoms with E-state index in [1.165, 1.54) is 0 Å². The van der Waals surface area contributed by atoms with Gasteiger partial charge in [-0.3, -0.25) is 4.57 Å². The van der Waals surface area contributed by atoms with E-state index in [1.807, 2.05) is 77.4 Å². The van der Waals surface area contributed by atoms with Crippen molar-refractivity contribution in [3.8, 4) is 45.5 Å². The summed E-state index contributed by atoms with van der Waals surface area (Å²) in [5.41, 5.74) is 10.0. The number of aromatic nitrogens is 5. The van der Waals surface area contributed by atoms with Crippen LogP contribution in [0.1, 0.15) is 0 Å². The monoisotopic (exact) mass is 779 g/mol. The summed E-state index contributed by atoms with van der Waals surface area (Å²) < 4.78 is 11.1. The van der Waals surface area contributed by atoms with Gasteiger partial charge in [0.25, 0.3) is 0 Å². The first-order valence-electron chi connectivity index (χ1n) is 20.2. The molecule has 0 atom stereocenters. The predicted molar refractivity (Wildman–Crippen MR) is 259 cm³/mol. The molecule has 12 rings (SSSR count). The lowest BCUT2D eigenvalue weighted by atomic mass is 9.60. The lowest BCUT2D eigenvalue weighted by molar-refractivity contribution is 0.669. The molecule has 0 bridgehead atoms. The van der Waals surface area contributed by atoms with Gasteiger partial charge in [-0.2, -0.15) is 9.97 Å². The number of para-hydroxylation sites is 3. The molecule has 0 fully saturated rings. The molecule has 8 aromatic carbocycles. The molecule has 0 aliphatic carbocycles. The molecule has 0 N–H and O–H groups in total. The fourth-order valence-electron chi connectivity index (χ4n) is 9.19. The van der Waals surface area contributed by atoms with Gasteiger partial charge in [-0.1, -0.05) is 126 Å². The highest BCUT2D eigenvalue weighted by molar-refractivity contribution is 6.68. The van der Waals surface area contributed by atoms with E-state index < -0.39 is 0 Å². The molecule has 0 amide bonds. The fraction of sp³-hybridized carbons (Fsp3) is 0. The maximum atomic E-state index is 6.72. The average Bonchev–Trinajstić information content (AvgIpc) is 3.98. The summed E-state index contributed by atoms with van der Waals surface area (Å²) in [5.74, 6) is 0.883. The predicted octanol–water partition coefficient (Wildman–Crippen LogP) is 6.94. The van der Waals surface area contributed by atoms with Crippen LogP contribution >= 0.6 is 0 Å². The molecule has 12 aromatic rings. The SMILES string of the molecule is [B]c1c([B])c([B])c(-c2nc(-c3cccc4oc5cccc(-n6c7ccccc7c7ccc(-c8ccccc8)cc76)c5c34)nc(-n3c4ccccc4c4ccccc43)n2)c([B])c1[B]. The van der Waals surface area contributed by atoms with Gasteiger partial charge < -0.3 is 8.98 Å². The van der Waals surface area contributed by atoms with Crippen molar-refractivity contribution in [3.63, 3.8) is 0 Å². The molecular weight excluding hydrogens is 753 g/mol.